The summed E-state index contributed by atoms with van der Waals surface area (Å²) < 4.78 is 1.01. The summed E-state index contributed by atoms with van der Waals surface area (Å²) in [5.74, 6) is 0.883. The molecule has 0 aliphatic heterocycles. The van der Waals surface area contributed by atoms with E-state index in [1.807, 2.05) is 24.3 Å². The number of nitrogens with zero attached hydrogens (tertiary/aromatic N) is 2. The number of allylic oxidation sites excluding steroid dienone is 1. The molecule has 1 heterocycles. The Morgan fingerprint density at radius 2 is 2.26 bits per heavy atom. The lowest BCUT2D eigenvalue weighted by molar-refractivity contribution is 1.06. The zero-order chi connectivity index (χ0) is 16.7. The van der Waals surface area contributed by atoms with Crippen molar-refractivity contribution in [3.8, 4) is 0 Å². The Morgan fingerprint density at radius 3 is 2.96 bits per heavy atom. The van der Waals surface area contributed by atoms with Crippen LogP contribution in [0.15, 0.2) is 46.8 Å². The van der Waals surface area contributed by atoms with Gasteiger partial charge in [0.25, 0.3) is 0 Å². The van der Waals surface area contributed by atoms with Crippen molar-refractivity contribution in [2.24, 2.45) is 0 Å². The number of halogens is 2. The van der Waals surface area contributed by atoms with Crippen molar-refractivity contribution in [3.63, 3.8) is 0 Å². The number of rotatable bonds is 7. The first kappa shape index (κ1) is 17.2. The average molecular weight is 396 g/mol. The largest absolute Gasteiger partial charge is 0.392 e. The topological polar surface area (TPSA) is 85.7 Å². The van der Waals surface area contributed by atoms with E-state index in [9.17, 15) is 0 Å². The molecule has 0 aliphatic carbocycles. The molecule has 1 aromatic heterocycles. The fourth-order valence-electron chi connectivity index (χ4n) is 1.78. The van der Waals surface area contributed by atoms with Gasteiger partial charge in [0, 0.05) is 30.5 Å². The molecule has 0 spiro atoms. The van der Waals surface area contributed by atoms with Crippen molar-refractivity contribution in [1.29, 1.82) is 5.41 Å². The van der Waals surface area contributed by atoms with E-state index in [4.69, 9.17) is 17.0 Å². The summed E-state index contributed by atoms with van der Waals surface area (Å²) in [4.78, 5) is 8.44. The van der Waals surface area contributed by atoms with Gasteiger partial charge in [-0.05, 0) is 17.7 Å². The van der Waals surface area contributed by atoms with Gasteiger partial charge in [-0.3, -0.25) is 0 Å². The van der Waals surface area contributed by atoms with Crippen molar-refractivity contribution in [1.82, 2.24) is 15.3 Å². The molecule has 2 rings (SSSR count). The van der Waals surface area contributed by atoms with Crippen LogP contribution in [0.5, 0.6) is 0 Å². The molecule has 2 aromatic rings. The van der Waals surface area contributed by atoms with Gasteiger partial charge in [0.1, 0.15) is 5.02 Å². The molecule has 0 amide bonds. The van der Waals surface area contributed by atoms with Gasteiger partial charge in [-0.1, -0.05) is 39.7 Å². The summed E-state index contributed by atoms with van der Waals surface area (Å²) in [6.45, 7) is 0.583. The molecule has 0 aliphatic rings. The Kier molecular flexibility index (Phi) is 6.37. The van der Waals surface area contributed by atoms with E-state index < -0.39 is 0 Å². The van der Waals surface area contributed by atoms with E-state index in [1.54, 1.807) is 13.2 Å². The minimum atomic E-state index is 0.358. The second-order valence-corrected chi connectivity index (χ2v) is 5.85. The molecular formula is C15H16BrClN6. The van der Waals surface area contributed by atoms with Crippen molar-refractivity contribution < 1.29 is 0 Å². The average Bonchev–Trinajstić information content (AvgIpc) is 2.55. The van der Waals surface area contributed by atoms with E-state index >= 15 is 0 Å². The number of nitrogens with one attached hydrogen (secondary N) is 4. The molecule has 1 aromatic carbocycles. The number of hydrogen-bond acceptors (Lipinski definition) is 6. The number of benzene rings is 1. The Hall–Kier alpha value is -2.12. The third-order valence-corrected chi connectivity index (χ3v) is 3.57. The minimum Gasteiger partial charge on any atom is -0.392 e. The molecule has 23 heavy (non-hydrogen) atoms. The van der Waals surface area contributed by atoms with Gasteiger partial charge >= 0.3 is 0 Å². The zero-order valence-electron chi connectivity index (χ0n) is 12.4. The van der Waals surface area contributed by atoms with Crippen LogP contribution in [-0.4, -0.2) is 23.2 Å². The summed E-state index contributed by atoms with van der Waals surface area (Å²) in [5.41, 5.74) is 1.63. The van der Waals surface area contributed by atoms with E-state index in [0.29, 0.717) is 29.0 Å². The summed E-state index contributed by atoms with van der Waals surface area (Å²) in [6.07, 6.45) is 4.32. The fraction of sp³-hybridized carbons (Fsp3) is 0.133. The third kappa shape index (κ3) is 5.22. The van der Waals surface area contributed by atoms with Crippen LogP contribution < -0.4 is 16.0 Å². The lowest BCUT2D eigenvalue weighted by Gasteiger charge is -2.10. The molecule has 0 saturated heterocycles. The SMILES string of the molecule is CN/C=C(\C=N)Nc1ncc(Cl)c(NCc2cccc(Br)c2)n1. The van der Waals surface area contributed by atoms with Gasteiger partial charge in [-0.2, -0.15) is 4.98 Å². The molecule has 0 atom stereocenters. The Bertz CT molecular complexity index is 719. The van der Waals surface area contributed by atoms with Crippen LogP contribution in [0.1, 0.15) is 5.56 Å². The molecule has 4 N–H and O–H groups in total. The normalized spacial score (nSPS) is 11.0. The van der Waals surface area contributed by atoms with E-state index in [0.717, 1.165) is 10.0 Å². The smallest absolute Gasteiger partial charge is 0.229 e. The maximum absolute atomic E-state index is 7.32. The van der Waals surface area contributed by atoms with Crippen molar-refractivity contribution in [2.45, 2.75) is 6.54 Å². The van der Waals surface area contributed by atoms with Crippen LogP contribution in [0.25, 0.3) is 0 Å². The van der Waals surface area contributed by atoms with Crippen molar-refractivity contribution in [2.75, 3.05) is 17.7 Å². The van der Waals surface area contributed by atoms with Crippen molar-refractivity contribution >= 4 is 45.5 Å². The molecule has 0 radical (unpaired) electrons. The van der Waals surface area contributed by atoms with E-state index in [-0.39, 0.29) is 0 Å². The molecule has 0 bridgehead atoms. The second kappa shape index (κ2) is 8.50. The minimum absolute atomic E-state index is 0.358. The van der Waals surface area contributed by atoms with Gasteiger partial charge in [0.15, 0.2) is 5.82 Å². The maximum Gasteiger partial charge on any atom is 0.229 e. The fourth-order valence-corrected chi connectivity index (χ4v) is 2.39. The predicted molar refractivity (Wildman–Crippen MR) is 98.1 cm³/mol. The zero-order valence-corrected chi connectivity index (χ0v) is 14.7. The molecular weight excluding hydrogens is 380 g/mol. The highest BCUT2D eigenvalue weighted by molar-refractivity contribution is 9.10. The molecule has 8 heteroatoms. The van der Waals surface area contributed by atoms with Crippen molar-refractivity contribution in [3.05, 3.63) is 57.4 Å². The maximum atomic E-state index is 7.32. The highest BCUT2D eigenvalue weighted by Crippen LogP contribution is 2.21. The molecule has 6 nitrogen and oxygen atoms in total. The number of anilines is 2. The first-order valence-corrected chi connectivity index (χ1v) is 7.95. The highest BCUT2D eigenvalue weighted by atomic mass is 79.9. The molecule has 0 fully saturated rings. The second-order valence-electron chi connectivity index (χ2n) is 4.53. The predicted octanol–water partition coefficient (Wildman–Crippen LogP) is 3.63. The van der Waals surface area contributed by atoms with Crippen LogP contribution >= 0.6 is 27.5 Å². The lowest BCUT2D eigenvalue weighted by atomic mass is 10.2. The van der Waals surface area contributed by atoms with E-state index in [1.165, 1.54) is 12.4 Å². The number of hydrogen-bond donors (Lipinski definition) is 4. The Morgan fingerprint density at radius 1 is 1.43 bits per heavy atom. The van der Waals surface area contributed by atoms with Gasteiger partial charge in [-0.15, -0.1) is 0 Å². The molecule has 0 saturated carbocycles. The quantitative estimate of drug-likeness (QED) is 0.538. The summed E-state index contributed by atoms with van der Waals surface area (Å²) in [5, 5.41) is 16.7. The van der Waals surface area contributed by atoms with Gasteiger partial charge < -0.3 is 21.4 Å². The van der Waals surface area contributed by atoms with Gasteiger partial charge in [-0.25, -0.2) is 4.98 Å². The standard InChI is InChI=1S/C15H16BrClN6/c1-19-8-12(6-18)22-15-21-9-13(17)14(23-15)20-7-10-3-2-4-11(16)5-10/h2-6,8-9,18-19H,7H2,1H3,(H2,20,21,22,23)/b12-8+,18-6?. The first-order chi connectivity index (χ1) is 11.1. The lowest BCUT2D eigenvalue weighted by Crippen LogP contribution is -2.10. The van der Waals surface area contributed by atoms with Gasteiger partial charge in [0.2, 0.25) is 5.95 Å². The first-order valence-electron chi connectivity index (χ1n) is 6.78. The van der Waals surface area contributed by atoms with Gasteiger partial charge in [0.05, 0.1) is 11.9 Å². The summed E-state index contributed by atoms with van der Waals surface area (Å²) in [7, 11) is 1.75. The van der Waals surface area contributed by atoms with Crippen LogP contribution in [0.2, 0.25) is 5.02 Å². The summed E-state index contributed by atoms with van der Waals surface area (Å²) in [6, 6.07) is 7.96. The molecule has 0 unspecified atom stereocenters. The summed E-state index contributed by atoms with van der Waals surface area (Å²) >= 11 is 9.57. The van der Waals surface area contributed by atoms with Crippen LogP contribution in [0.3, 0.4) is 0 Å². The van der Waals surface area contributed by atoms with E-state index in [2.05, 4.69) is 41.8 Å². The van der Waals surface area contributed by atoms with Crippen LogP contribution in [0.4, 0.5) is 11.8 Å². The number of aromatic nitrogens is 2. The van der Waals surface area contributed by atoms with Crippen LogP contribution in [0, 0.1) is 5.41 Å². The monoisotopic (exact) mass is 394 g/mol. The molecule has 120 valence electrons. The van der Waals surface area contributed by atoms with Crippen LogP contribution in [-0.2, 0) is 6.54 Å². The third-order valence-electron chi connectivity index (χ3n) is 2.80. The Labute approximate surface area is 148 Å². The Balaban J connectivity index is 2.11. The highest BCUT2D eigenvalue weighted by Gasteiger charge is 2.06.